The van der Waals surface area contributed by atoms with Gasteiger partial charge >= 0.3 is 12.0 Å². The molecule has 0 radical (unpaired) electrons. The molecule has 0 saturated heterocycles. The Bertz CT molecular complexity index is 571. The average molecular weight is 308 g/mol. The molecule has 1 aliphatic heterocycles. The van der Waals surface area contributed by atoms with Crippen LogP contribution in [0.25, 0.3) is 0 Å². The number of nitrogens with one attached hydrogen (secondary N) is 2. The molecule has 4 N–H and O–H groups in total. The second-order valence-corrected chi connectivity index (χ2v) is 5.24. The predicted molar refractivity (Wildman–Crippen MR) is 79.6 cm³/mol. The third-order valence-electron chi connectivity index (χ3n) is 2.72. The summed E-state index contributed by atoms with van der Waals surface area (Å²) in [6.07, 6.45) is 1.65. The topological polar surface area (TPSA) is 106 Å². The fourth-order valence-electron chi connectivity index (χ4n) is 1.70. The second-order valence-electron chi connectivity index (χ2n) is 4.19. The van der Waals surface area contributed by atoms with Gasteiger partial charge in [-0.15, -0.1) is 11.8 Å². The molecule has 0 unspecified atom stereocenters. The van der Waals surface area contributed by atoms with Crippen molar-refractivity contribution in [3.63, 3.8) is 0 Å². The lowest BCUT2D eigenvalue weighted by Gasteiger charge is -2.21. The Morgan fingerprint density at radius 3 is 3.00 bits per heavy atom. The molecule has 7 nitrogen and oxygen atoms in total. The first-order valence-electron chi connectivity index (χ1n) is 6.38. The first-order chi connectivity index (χ1) is 10.1. The summed E-state index contributed by atoms with van der Waals surface area (Å²) in [7, 11) is 0. The standard InChI is InChI=1S/C13H16N4O3S/c1-2-20-12(18)9-6-16-13(19)17-10(9)7-21-8-3-4-11(14)15-5-8/h3-5H,2,6-7H2,1H3,(H2,14,15)(H2,16,17,19). The lowest BCUT2D eigenvalue weighted by Crippen LogP contribution is -2.44. The number of amides is 2. The summed E-state index contributed by atoms with van der Waals surface area (Å²) in [5, 5.41) is 5.21. The highest BCUT2D eigenvalue weighted by molar-refractivity contribution is 7.99. The Labute approximate surface area is 126 Å². The van der Waals surface area contributed by atoms with Gasteiger partial charge in [-0.25, -0.2) is 14.6 Å². The number of pyridine rings is 1. The number of carbonyl (C=O) groups is 2. The molecule has 21 heavy (non-hydrogen) atoms. The van der Waals surface area contributed by atoms with E-state index in [0.29, 0.717) is 29.4 Å². The largest absolute Gasteiger partial charge is 0.463 e. The molecule has 1 aliphatic rings. The number of aromatic nitrogens is 1. The van der Waals surface area contributed by atoms with E-state index in [-0.39, 0.29) is 12.6 Å². The van der Waals surface area contributed by atoms with E-state index in [1.54, 1.807) is 19.2 Å². The van der Waals surface area contributed by atoms with Gasteiger partial charge in [-0.1, -0.05) is 0 Å². The predicted octanol–water partition coefficient (Wildman–Crippen LogP) is 0.886. The summed E-state index contributed by atoms with van der Waals surface area (Å²) in [6.45, 7) is 2.20. The maximum Gasteiger partial charge on any atom is 0.337 e. The number of carbonyl (C=O) groups excluding carboxylic acids is 2. The average Bonchev–Trinajstić information content (AvgIpc) is 2.47. The number of hydrogen-bond donors (Lipinski definition) is 3. The van der Waals surface area contributed by atoms with Crippen LogP contribution in [0, 0.1) is 0 Å². The highest BCUT2D eigenvalue weighted by atomic mass is 32.2. The lowest BCUT2D eigenvalue weighted by molar-refractivity contribution is -0.138. The van der Waals surface area contributed by atoms with Crippen LogP contribution in [-0.4, -0.2) is 35.9 Å². The van der Waals surface area contributed by atoms with Crippen LogP contribution in [0.15, 0.2) is 34.5 Å². The number of ether oxygens (including phenoxy) is 1. The van der Waals surface area contributed by atoms with Crippen molar-refractivity contribution in [3.05, 3.63) is 29.6 Å². The number of thioether (sulfide) groups is 1. The molecule has 112 valence electrons. The minimum atomic E-state index is -0.420. The molecule has 0 bridgehead atoms. The zero-order valence-corrected chi connectivity index (χ0v) is 12.3. The van der Waals surface area contributed by atoms with Crippen molar-refractivity contribution < 1.29 is 14.3 Å². The highest BCUT2D eigenvalue weighted by Gasteiger charge is 2.23. The van der Waals surface area contributed by atoms with Gasteiger partial charge in [-0.3, -0.25) is 0 Å². The molecular formula is C13H16N4O3S. The highest BCUT2D eigenvalue weighted by Crippen LogP contribution is 2.22. The van der Waals surface area contributed by atoms with Crippen LogP contribution in [-0.2, 0) is 9.53 Å². The van der Waals surface area contributed by atoms with E-state index in [4.69, 9.17) is 10.5 Å². The maximum atomic E-state index is 11.9. The van der Waals surface area contributed by atoms with Gasteiger partial charge in [0, 0.05) is 22.5 Å². The number of nitrogens with zero attached hydrogens (tertiary/aromatic N) is 1. The first kappa shape index (κ1) is 15.2. The SMILES string of the molecule is CCOC(=O)C1=C(CSc2ccc(N)nc2)NC(=O)NC1. The van der Waals surface area contributed by atoms with Crippen LogP contribution >= 0.6 is 11.8 Å². The van der Waals surface area contributed by atoms with Crippen molar-refractivity contribution >= 4 is 29.6 Å². The van der Waals surface area contributed by atoms with Crippen molar-refractivity contribution in [1.29, 1.82) is 0 Å². The quantitative estimate of drug-likeness (QED) is 0.551. The Morgan fingerprint density at radius 2 is 2.33 bits per heavy atom. The van der Waals surface area contributed by atoms with Crippen LogP contribution in [0.4, 0.5) is 10.6 Å². The van der Waals surface area contributed by atoms with Gasteiger partial charge in [0.05, 0.1) is 18.7 Å². The number of nitrogens with two attached hydrogens (primary N) is 1. The maximum absolute atomic E-state index is 11.9. The zero-order valence-electron chi connectivity index (χ0n) is 11.5. The van der Waals surface area contributed by atoms with Gasteiger partial charge in [-0.05, 0) is 19.1 Å². The summed E-state index contributed by atoms with van der Waals surface area (Å²) in [4.78, 5) is 28.2. The molecule has 0 fully saturated rings. The smallest absolute Gasteiger partial charge is 0.337 e. The summed E-state index contributed by atoms with van der Waals surface area (Å²) in [5.41, 5.74) is 6.51. The van der Waals surface area contributed by atoms with Crippen LogP contribution in [0.3, 0.4) is 0 Å². The minimum Gasteiger partial charge on any atom is -0.463 e. The molecule has 0 saturated carbocycles. The molecule has 8 heteroatoms. The van der Waals surface area contributed by atoms with E-state index < -0.39 is 5.97 Å². The van der Waals surface area contributed by atoms with Crippen LogP contribution in [0.5, 0.6) is 0 Å². The van der Waals surface area contributed by atoms with Gasteiger partial charge < -0.3 is 21.1 Å². The number of urea groups is 1. The third-order valence-corrected chi connectivity index (χ3v) is 3.73. The van der Waals surface area contributed by atoms with Crippen LogP contribution in [0.2, 0.25) is 0 Å². The third kappa shape index (κ3) is 4.12. The van der Waals surface area contributed by atoms with E-state index in [1.807, 2.05) is 6.07 Å². The van der Waals surface area contributed by atoms with E-state index in [1.165, 1.54) is 11.8 Å². The molecule has 0 aliphatic carbocycles. The Morgan fingerprint density at radius 1 is 1.52 bits per heavy atom. The summed E-state index contributed by atoms with van der Waals surface area (Å²) >= 11 is 1.45. The molecule has 2 amide bonds. The van der Waals surface area contributed by atoms with Gasteiger partial charge in [0.15, 0.2) is 0 Å². The fourth-order valence-corrected chi connectivity index (χ4v) is 2.55. The Hall–Kier alpha value is -2.22. The molecule has 0 spiro atoms. The van der Waals surface area contributed by atoms with Gasteiger partial charge in [0.25, 0.3) is 0 Å². The summed E-state index contributed by atoms with van der Waals surface area (Å²) in [5.74, 6) is 0.463. The Kier molecular flexibility index (Phi) is 5.04. The van der Waals surface area contributed by atoms with Crippen LogP contribution < -0.4 is 16.4 Å². The second kappa shape index (κ2) is 6.98. The van der Waals surface area contributed by atoms with Gasteiger partial charge in [-0.2, -0.15) is 0 Å². The molecule has 1 aromatic rings. The lowest BCUT2D eigenvalue weighted by atomic mass is 10.2. The fraction of sp³-hybridized carbons (Fsp3) is 0.308. The van der Waals surface area contributed by atoms with Crippen molar-refractivity contribution in [1.82, 2.24) is 15.6 Å². The molecule has 2 heterocycles. The monoisotopic (exact) mass is 308 g/mol. The molecular weight excluding hydrogens is 292 g/mol. The van der Waals surface area contributed by atoms with Gasteiger partial charge in [0.2, 0.25) is 0 Å². The number of hydrogen-bond acceptors (Lipinski definition) is 6. The van der Waals surface area contributed by atoms with E-state index in [2.05, 4.69) is 15.6 Å². The van der Waals surface area contributed by atoms with Crippen LogP contribution in [0.1, 0.15) is 6.92 Å². The molecule has 0 atom stereocenters. The van der Waals surface area contributed by atoms with E-state index in [0.717, 1.165) is 4.90 Å². The van der Waals surface area contributed by atoms with E-state index >= 15 is 0 Å². The normalized spacial score (nSPS) is 14.4. The number of nitrogen functional groups attached to an aromatic ring is 1. The first-order valence-corrected chi connectivity index (χ1v) is 7.37. The molecule has 0 aromatic carbocycles. The van der Waals surface area contributed by atoms with Gasteiger partial charge in [0.1, 0.15) is 5.82 Å². The number of rotatable bonds is 5. The number of esters is 1. The van der Waals surface area contributed by atoms with E-state index in [9.17, 15) is 9.59 Å². The zero-order chi connectivity index (χ0) is 15.2. The minimum absolute atomic E-state index is 0.167. The molecule has 2 rings (SSSR count). The molecule has 1 aromatic heterocycles. The summed E-state index contributed by atoms with van der Waals surface area (Å²) in [6, 6.07) is 3.21. The number of anilines is 1. The summed E-state index contributed by atoms with van der Waals surface area (Å²) < 4.78 is 4.99. The van der Waals surface area contributed by atoms with Crippen molar-refractivity contribution in [2.75, 3.05) is 24.6 Å². The Balaban J connectivity index is 2.10. The van der Waals surface area contributed by atoms with Crippen molar-refractivity contribution in [2.45, 2.75) is 11.8 Å². The van der Waals surface area contributed by atoms with Crippen molar-refractivity contribution in [3.8, 4) is 0 Å². The van der Waals surface area contributed by atoms with Crippen molar-refractivity contribution in [2.24, 2.45) is 0 Å².